The Morgan fingerprint density at radius 2 is 1.85 bits per heavy atom. The summed E-state index contributed by atoms with van der Waals surface area (Å²) in [6, 6.07) is 4.48. The third-order valence-electron chi connectivity index (χ3n) is 3.42. The maximum Gasteiger partial charge on any atom is 0.524 e. The zero-order valence-electron chi connectivity index (χ0n) is 10.5. The van der Waals surface area contributed by atoms with Crippen molar-refractivity contribution < 1.29 is 23.3 Å². The van der Waals surface area contributed by atoms with Crippen molar-refractivity contribution in [2.75, 3.05) is 0 Å². The van der Waals surface area contributed by atoms with Gasteiger partial charge < -0.3 is 8.94 Å². The van der Waals surface area contributed by atoms with Gasteiger partial charge in [0.1, 0.15) is 11.3 Å². The molecule has 0 spiro atoms. The molecule has 0 saturated carbocycles. The standard InChI is InChI=1S/C13H13O6P/c14-13-11-4-2-1-3-9(11)10-6-5-8(7-12(10)18-13)19-20(15,16)17/h5-7H,1-4H2,(H2,15,16,17). The summed E-state index contributed by atoms with van der Waals surface area (Å²) in [4.78, 5) is 29.5. The van der Waals surface area contributed by atoms with Crippen LogP contribution in [-0.4, -0.2) is 9.79 Å². The Kier molecular flexibility index (Phi) is 3.17. The van der Waals surface area contributed by atoms with Crippen LogP contribution in [0.4, 0.5) is 0 Å². The second-order valence-electron chi connectivity index (χ2n) is 4.79. The molecule has 0 aliphatic heterocycles. The van der Waals surface area contributed by atoms with Crippen molar-refractivity contribution in [3.05, 3.63) is 39.7 Å². The summed E-state index contributed by atoms with van der Waals surface area (Å²) in [5, 5.41) is 0.803. The fraction of sp³-hybridized carbons (Fsp3) is 0.308. The Balaban J connectivity index is 2.17. The second-order valence-corrected chi connectivity index (χ2v) is 5.96. The Morgan fingerprint density at radius 3 is 2.55 bits per heavy atom. The van der Waals surface area contributed by atoms with Gasteiger partial charge in [0.05, 0.1) is 0 Å². The molecule has 6 nitrogen and oxygen atoms in total. The van der Waals surface area contributed by atoms with Crippen LogP contribution in [0.25, 0.3) is 11.0 Å². The summed E-state index contributed by atoms with van der Waals surface area (Å²) >= 11 is 0. The van der Waals surface area contributed by atoms with E-state index >= 15 is 0 Å². The molecule has 2 N–H and O–H groups in total. The van der Waals surface area contributed by atoms with Gasteiger partial charge in [0, 0.05) is 17.0 Å². The number of fused-ring (bicyclic) bond motifs is 3. The van der Waals surface area contributed by atoms with Crippen molar-refractivity contribution in [2.45, 2.75) is 25.7 Å². The van der Waals surface area contributed by atoms with E-state index in [1.807, 2.05) is 0 Å². The molecule has 0 bridgehead atoms. The second kappa shape index (κ2) is 4.74. The fourth-order valence-electron chi connectivity index (χ4n) is 2.62. The predicted octanol–water partition coefficient (Wildman–Crippen LogP) is 2.14. The minimum absolute atomic E-state index is 0.0234. The smallest absolute Gasteiger partial charge is 0.422 e. The molecular formula is C13H13O6P. The van der Waals surface area contributed by atoms with Crippen molar-refractivity contribution >= 4 is 18.8 Å². The lowest BCUT2D eigenvalue weighted by molar-refractivity contribution is 0.283. The van der Waals surface area contributed by atoms with Crippen LogP contribution in [0, 0.1) is 0 Å². The highest BCUT2D eigenvalue weighted by molar-refractivity contribution is 7.46. The molecule has 1 aliphatic rings. The molecule has 106 valence electrons. The first kappa shape index (κ1) is 13.4. The molecule has 0 saturated heterocycles. The predicted molar refractivity (Wildman–Crippen MR) is 71.8 cm³/mol. The molecule has 0 unspecified atom stereocenters. The fourth-order valence-corrected chi connectivity index (χ4v) is 3.01. The Bertz CT molecular complexity index is 772. The highest BCUT2D eigenvalue weighted by atomic mass is 31.2. The van der Waals surface area contributed by atoms with Gasteiger partial charge in [-0.15, -0.1) is 0 Å². The van der Waals surface area contributed by atoms with Gasteiger partial charge in [0.15, 0.2) is 0 Å². The van der Waals surface area contributed by atoms with Crippen molar-refractivity contribution in [3.8, 4) is 5.75 Å². The first-order valence-electron chi connectivity index (χ1n) is 6.28. The van der Waals surface area contributed by atoms with Crippen LogP contribution in [0.2, 0.25) is 0 Å². The van der Waals surface area contributed by atoms with Crippen LogP contribution >= 0.6 is 7.82 Å². The summed E-state index contributed by atoms with van der Waals surface area (Å²) < 4.78 is 20.5. The van der Waals surface area contributed by atoms with Crippen LogP contribution in [0.5, 0.6) is 5.75 Å². The molecule has 20 heavy (non-hydrogen) atoms. The van der Waals surface area contributed by atoms with Gasteiger partial charge >= 0.3 is 13.4 Å². The number of rotatable bonds is 2. The lowest BCUT2D eigenvalue weighted by Crippen LogP contribution is -2.15. The van der Waals surface area contributed by atoms with Crippen LogP contribution in [0.3, 0.4) is 0 Å². The Hall–Kier alpha value is -1.62. The van der Waals surface area contributed by atoms with Crippen molar-refractivity contribution in [2.24, 2.45) is 0 Å². The number of hydrogen-bond donors (Lipinski definition) is 2. The van der Waals surface area contributed by atoms with E-state index in [0.717, 1.165) is 30.2 Å². The van der Waals surface area contributed by atoms with E-state index in [0.29, 0.717) is 17.6 Å². The zero-order valence-corrected chi connectivity index (χ0v) is 11.4. The summed E-state index contributed by atoms with van der Waals surface area (Å²) in [5.74, 6) is -0.0234. The SMILES string of the molecule is O=c1oc2cc(OP(=O)(O)O)ccc2c2c1CCCC2. The minimum Gasteiger partial charge on any atom is -0.422 e. The number of hydrogen-bond acceptors (Lipinski definition) is 4. The molecule has 1 heterocycles. The summed E-state index contributed by atoms with van der Waals surface area (Å²) in [5.41, 5.74) is 1.61. The number of aryl methyl sites for hydroxylation is 1. The van der Waals surface area contributed by atoms with Crippen molar-refractivity contribution in [1.82, 2.24) is 0 Å². The average molecular weight is 296 g/mol. The molecule has 7 heteroatoms. The maximum absolute atomic E-state index is 11.9. The average Bonchev–Trinajstić information content (AvgIpc) is 2.37. The lowest BCUT2D eigenvalue weighted by Gasteiger charge is -2.16. The van der Waals surface area contributed by atoms with Gasteiger partial charge in [0.25, 0.3) is 0 Å². The van der Waals surface area contributed by atoms with Gasteiger partial charge in [0.2, 0.25) is 0 Å². The normalized spacial score (nSPS) is 15.1. The lowest BCUT2D eigenvalue weighted by atomic mass is 9.91. The van der Waals surface area contributed by atoms with E-state index in [-0.39, 0.29) is 11.4 Å². The van der Waals surface area contributed by atoms with Crippen LogP contribution in [0.15, 0.2) is 27.4 Å². The van der Waals surface area contributed by atoms with Gasteiger partial charge in [-0.1, -0.05) is 0 Å². The zero-order chi connectivity index (χ0) is 14.3. The van der Waals surface area contributed by atoms with E-state index in [1.165, 1.54) is 12.1 Å². The highest BCUT2D eigenvalue weighted by Crippen LogP contribution is 2.39. The first-order valence-corrected chi connectivity index (χ1v) is 7.81. The molecule has 0 atom stereocenters. The maximum atomic E-state index is 11.9. The Morgan fingerprint density at radius 1 is 1.15 bits per heavy atom. The number of phosphoric ester groups is 1. The molecule has 0 fully saturated rings. The molecule has 2 aromatic rings. The summed E-state index contributed by atoms with van der Waals surface area (Å²) in [7, 11) is -4.62. The molecule has 3 rings (SSSR count). The molecular weight excluding hydrogens is 283 g/mol. The third-order valence-corrected chi connectivity index (χ3v) is 3.87. The van der Waals surface area contributed by atoms with E-state index in [4.69, 9.17) is 14.2 Å². The Labute approximate surface area is 114 Å². The van der Waals surface area contributed by atoms with Crippen molar-refractivity contribution in [1.29, 1.82) is 0 Å². The van der Waals surface area contributed by atoms with Crippen LogP contribution < -0.4 is 10.1 Å². The van der Waals surface area contributed by atoms with Crippen LogP contribution in [-0.2, 0) is 17.4 Å². The minimum atomic E-state index is -4.62. The monoisotopic (exact) mass is 296 g/mol. The quantitative estimate of drug-likeness (QED) is 0.651. The topological polar surface area (TPSA) is 97.0 Å². The van der Waals surface area contributed by atoms with Gasteiger partial charge in [-0.3, -0.25) is 9.79 Å². The van der Waals surface area contributed by atoms with Gasteiger partial charge in [-0.25, -0.2) is 9.36 Å². The van der Waals surface area contributed by atoms with Gasteiger partial charge in [-0.2, -0.15) is 0 Å². The largest absolute Gasteiger partial charge is 0.524 e. The molecule has 0 radical (unpaired) electrons. The van der Waals surface area contributed by atoms with E-state index < -0.39 is 7.82 Å². The molecule has 1 aromatic heterocycles. The van der Waals surface area contributed by atoms with E-state index in [2.05, 4.69) is 4.52 Å². The summed E-state index contributed by atoms with van der Waals surface area (Å²) in [6.45, 7) is 0. The number of benzene rings is 1. The third kappa shape index (κ3) is 2.50. The molecule has 1 aliphatic carbocycles. The van der Waals surface area contributed by atoms with Crippen LogP contribution in [0.1, 0.15) is 24.0 Å². The van der Waals surface area contributed by atoms with Gasteiger partial charge in [-0.05, 0) is 43.4 Å². The van der Waals surface area contributed by atoms with E-state index in [1.54, 1.807) is 6.07 Å². The molecule has 1 aromatic carbocycles. The first-order chi connectivity index (χ1) is 9.44. The highest BCUT2D eigenvalue weighted by Gasteiger charge is 2.20. The van der Waals surface area contributed by atoms with Crippen molar-refractivity contribution in [3.63, 3.8) is 0 Å². The summed E-state index contributed by atoms with van der Waals surface area (Å²) in [6.07, 6.45) is 3.53. The molecule has 0 amide bonds. The van der Waals surface area contributed by atoms with E-state index in [9.17, 15) is 9.36 Å². The number of phosphoric acid groups is 1.